The molecule has 3 heterocycles. The highest BCUT2D eigenvalue weighted by Crippen LogP contribution is 2.37. The topological polar surface area (TPSA) is 71.8 Å². The number of piperidine rings is 1. The second kappa shape index (κ2) is 7.04. The molecular weight excluding hydrogens is 356 g/mol. The van der Waals surface area contributed by atoms with Gasteiger partial charge in [0.2, 0.25) is 11.8 Å². The van der Waals surface area contributed by atoms with Gasteiger partial charge in [0.25, 0.3) is 0 Å². The Morgan fingerprint density at radius 2 is 1.96 bits per heavy atom. The number of morpholine rings is 1. The predicted octanol–water partition coefficient (Wildman–Crippen LogP) is 2.94. The molecule has 6 nitrogen and oxygen atoms in total. The Labute approximate surface area is 162 Å². The number of nitrogens with one attached hydrogen (secondary N) is 1. The maximum Gasteiger partial charge on any atom is 0.234 e. The molecule has 0 spiro atoms. The van der Waals surface area contributed by atoms with E-state index in [1.807, 2.05) is 6.07 Å². The van der Waals surface area contributed by atoms with E-state index in [1.165, 1.54) is 5.56 Å². The van der Waals surface area contributed by atoms with Gasteiger partial charge in [-0.15, -0.1) is 0 Å². The second-order valence-electron chi connectivity index (χ2n) is 7.58. The van der Waals surface area contributed by atoms with E-state index in [2.05, 4.69) is 34.5 Å². The molecule has 0 unspecified atom stereocenters. The lowest BCUT2D eigenvalue weighted by Crippen LogP contribution is -2.39. The molecular formula is C22H22N2O4. The molecule has 1 atom stereocenters. The van der Waals surface area contributed by atoms with Crippen molar-refractivity contribution >= 4 is 33.6 Å². The van der Waals surface area contributed by atoms with Crippen molar-refractivity contribution in [3.8, 4) is 0 Å². The Balaban J connectivity index is 1.53. The summed E-state index contributed by atoms with van der Waals surface area (Å²) in [5.41, 5.74) is 2.90. The minimum atomic E-state index is -0.349. The number of imide groups is 1. The van der Waals surface area contributed by atoms with Crippen LogP contribution in [0.2, 0.25) is 0 Å². The van der Waals surface area contributed by atoms with Crippen LogP contribution in [0.1, 0.15) is 29.9 Å². The highest BCUT2D eigenvalue weighted by molar-refractivity contribution is 6.10. The lowest BCUT2D eigenvalue weighted by Gasteiger charge is -2.26. The first-order chi connectivity index (χ1) is 13.7. The standard InChI is InChI=1S/C22H22N2O4/c25-20-6-4-17(22(26)23-20)18-13-28-19-5-2-15-11-14(1-3-16(15)21(18)19)12-24-7-9-27-10-8-24/h1-3,5,11,13,17H,4,6-10,12H2,(H,23,25,26)/t17-/m0/s1. The number of benzene rings is 2. The summed E-state index contributed by atoms with van der Waals surface area (Å²) in [5.74, 6) is -0.788. The highest BCUT2D eigenvalue weighted by atomic mass is 16.5. The average molecular weight is 378 g/mol. The molecule has 2 aromatic carbocycles. The van der Waals surface area contributed by atoms with E-state index >= 15 is 0 Å². The summed E-state index contributed by atoms with van der Waals surface area (Å²) in [6.07, 6.45) is 2.55. The van der Waals surface area contributed by atoms with Crippen LogP contribution in [-0.2, 0) is 20.9 Å². The molecule has 2 aliphatic heterocycles. The van der Waals surface area contributed by atoms with Gasteiger partial charge in [-0.25, -0.2) is 0 Å². The summed E-state index contributed by atoms with van der Waals surface area (Å²) in [7, 11) is 0. The first kappa shape index (κ1) is 17.4. The van der Waals surface area contributed by atoms with Crippen molar-refractivity contribution in [1.82, 2.24) is 10.2 Å². The molecule has 0 saturated carbocycles. The van der Waals surface area contributed by atoms with E-state index in [4.69, 9.17) is 9.15 Å². The third-order valence-corrected chi connectivity index (χ3v) is 5.77. The molecule has 5 rings (SSSR count). The Hall–Kier alpha value is -2.70. The van der Waals surface area contributed by atoms with Crippen LogP contribution in [0.4, 0.5) is 0 Å². The Morgan fingerprint density at radius 1 is 1.11 bits per heavy atom. The summed E-state index contributed by atoms with van der Waals surface area (Å²) in [5, 5.41) is 5.64. The zero-order chi connectivity index (χ0) is 19.1. The quantitative estimate of drug-likeness (QED) is 0.710. The van der Waals surface area contributed by atoms with Gasteiger partial charge in [0.05, 0.1) is 25.4 Å². The fraction of sp³-hybridized carbons (Fsp3) is 0.364. The van der Waals surface area contributed by atoms with Gasteiger partial charge in [0.1, 0.15) is 5.58 Å². The average Bonchev–Trinajstić information content (AvgIpc) is 3.13. The predicted molar refractivity (Wildman–Crippen MR) is 105 cm³/mol. The molecule has 1 N–H and O–H groups in total. The molecule has 2 fully saturated rings. The zero-order valence-corrected chi connectivity index (χ0v) is 15.6. The molecule has 2 amide bonds. The van der Waals surface area contributed by atoms with Crippen molar-refractivity contribution in [3.63, 3.8) is 0 Å². The second-order valence-corrected chi connectivity index (χ2v) is 7.58. The molecule has 0 aliphatic carbocycles. The maximum absolute atomic E-state index is 12.4. The largest absolute Gasteiger partial charge is 0.464 e. The van der Waals surface area contributed by atoms with Crippen LogP contribution in [0.15, 0.2) is 41.0 Å². The van der Waals surface area contributed by atoms with Crippen LogP contribution in [0, 0.1) is 0 Å². The van der Waals surface area contributed by atoms with Crippen LogP contribution in [0.5, 0.6) is 0 Å². The molecule has 0 bridgehead atoms. The number of carbonyl (C=O) groups excluding carboxylic acids is 2. The highest BCUT2D eigenvalue weighted by Gasteiger charge is 2.31. The van der Waals surface area contributed by atoms with Gasteiger partial charge in [-0.1, -0.05) is 18.2 Å². The summed E-state index contributed by atoms with van der Waals surface area (Å²) < 4.78 is 11.2. The Bertz CT molecular complexity index is 1070. The van der Waals surface area contributed by atoms with Crippen LogP contribution in [0.25, 0.3) is 21.7 Å². The monoisotopic (exact) mass is 378 g/mol. The lowest BCUT2D eigenvalue weighted by molar-refractivity contribution is -0.134. The number of rotatable bonds is 3. The van der Waals surface area contributed by atoms with Gasteiger partial charge < -0.3 is 9.15 Å². The van der Waals surface area contributed by atoms with E-state index < -0.39 is 0 Å². The number of hydrogen-bond acceptors (Lipinski definition) is 5. The third kappa shape index (κ3) is 3.08. The van der Waals surface area contributed by atoms with Crippen LogP contribution in [-0.4, -0.2) is 43.0 Å². The van der Waals surface area contributed by atoms with Crippen molar-refractivity contribution in [1.29, 1.82) is 0 Å². The Morgan fingerprint density at radius 3 is 2.79 bits per heavy atom. The number of ether oxygens (including phenoxy) is 1. The van der Waals surface area contributed by atoms with Crippen molar-refractivity contribution in [2.45, 2.75) is 25.3 Å². The van der Waals surface area contributed by atoms with E-state index in [1.54, 1.807) is 6.26 Å². The normalized spacial score (nSPS) is 21.4. The summed E-state index contributed by atoms with van der Waals surface area (Å²) in [6, 6.07) is 10.5. The van der Waals surface area contributed by atoms with Gasteiger partial charge in [-0.05, 0) is 34.9 Å². The third-order valence-electron chi connectivity index (χ3n) is 5.77. The van der Waals surface area contributed by atoms with Crippen molar-refractivity contribution in [2.75, 3.05) is 26.3 Å². The van der Waals surface area contributed by atoms with Crippen molar-refractivity contribution < 1.29 is 18.7 Å². The van der Waals surface area contributed by atoms with E-state index in [0.717, 1.165) is 60.2 Å². The van der Waals surface area contributed by atoms with Gasteiger partial charge in [-0.3, -0.25) is 19.8 Å². The summed E-state index contributed by atoms with van der Waals surface area (Å²) in [4.78, 5) is 26.3. The molecule has 3 aromatic rings. The smallest absolute Gasteiger partial charge is 0.234 e. The molecule has 6 heteroatoms. The zero-order valence-electron chi connectivity index (χ0n) is 15.6. The van der Waals surface area contributed by atoms with Gasteiger partial charge in [0.15, 0.2) is 0 Å². The number of amides is 2. The molecule has 144 valence electrons. The Kier molecular flexibility index (Phi) is 4.37. The van der Waals surface area contributed by atoms with Crippen LogP contribution >= 0.6 is 0 Å². The maximum atomic E-state index is 12.4. The SMILES string of the molecule is O=C1CC[C@@H](c2coc3ccc4cc(CN5CCOCC5)ccc4c23)C(=O)N1. The van der Waals surface area contributed by atoms with Gasteiger partial charge in [0, 0.05) is 37.0 Å². The number of fused-ring (bicyclic) bond motifs is 3. The van der Waals surface area contributed by atoms with E-state index in [0.29, 0.717) is 12.8 Å². The summed E-state index contributed by atoms with van der Waals surface area (Å²) >= 11 is 0. The van der Waals surface area contributed by atoms with Gasteiger partial charge in [-0.2, -0.15) is 0 Å². The fourth-order valence-corrected chi connectivity index (χ4v) is 4.30. The summed E-state index contributed by atoms with van der Waals surface area (Å²) in [6.45, 7) is 4.40. The molecule has 1 aromatic heterocycles. The van der Waals surface area contributed by atoms with Crippen LogP contribution < -0.4 is 5.32 Å². The lowest BCUT2D eigenvalue weighted by atomic mass is 9.88. The number of carbonyl (C=O) groups is 2. The number of hydrogen-bond donors (Lipinski definition) is 1. The molecule has 0 radical (unpaired) electrons. The first-order valence-corrected chi connectivity index (χ1v) is 9.75. The fourth-order valence-electron chi connectivity index (χ4n) is 4.30. The molecule has 2 saturated heterocycles. The van der Waals surface area contributed by atoms with Crippen LogP contribution in [0.3, 0.4) is 0 Å². The minimum absolute atomic E-state index is 0.202. The van der Waals surface area contributed by atoms with Crippen molar-refractivity contribution in [2.24, 2.45) is 0 Å². The van der Waals surface area contributed by atoms with Gasteiger partial charge >= 0.3 is 0 Å². The van der Waals surface area contributed by atoms with Crippen molar-refractivity contribution in [3.05, 3.63) is 47.7 Å². The number of nitrogens with zero attached hydrogens (tertiary/aromatic N) is 1. The van der Waals surface area contributed by atoms with E-state index in [9.17, 15) is 9.59 Å². The molecule has 28 heavy (non-hydrogen) atoms. The van der Waals surface area contributed by atoms with E-state index in [-0.39, 0.29) is 17.7 Å². The molecule has 2 aliphatic rings. The number of furan rings is 1. The first-order valence-electron chi connectivity index (χ1n) is 9.75. The minimum Gasteiger partial charge on any atom is -0.464 e.